The molecule has 0 amide bonds. The molecule has 1 N–H and O–H groups in total. The fourth-order valence-corrected chi connectivity index (χ4v) is 7.86. The number of hydrogen-bond acceptors (Lipinski definition) is 7. The maximum absolute atomic E-state index is 14.5. The zero-order valence-electron chi connectivity index (χ0n) is 20.7. The van der Waals surface area contributed by atoms with E-state index in [1.807, 2.05) is 0 Å². The third kappa shape index (κ3) is 6.16. The van der Waals surface area contributed by atoms with Crippen LogP contribution < -0.4 is 9.46 Å². The number of sulfone groups is 2. The monoisotopic (exact) mass is 621 g/mol. The van der Waals surface area contributed by atoms with Crippen molar-refractivity contribution in [2.24, 2.45) is 5.92 Å². The molecule has 3 aromatic rings. The molecule has 1 saturated carbocycles. The first-order valence-electron chi connectivity index (χ1n) is 11.7. The van der Waals surface area contributed by atoms with Gasteiger partial charge in [0.2, 0.25) is 19.7 Å². The molecule has 15 heteroatoms. The number of hydrogen-bond donors (Lipinski definition) is 1. The Morgan fingerprint density at radius 2 is 1.48 bits per heavy atom. The number of benzene rings is 3. The highest BCUT2D eigenvalue weighted by molar-refractivity contribution is 7.94. The van der Waals surface area contributed by atoms with E-state index in [4.69, 9.17) is 4.74 Å². The summed E-state index contributed by atoms with van der Waals surface area (Å²) in [6, 6.07) is 10.6. The lowest BCUT2D eigenvalue weighted by Crippen LogP contribution is -2.37. The highest BCUT2D eigenvalue weighted by Gasteiger charge is 2.46. The molecule has 1 aliphatic carbocycles. The maximum atomic E-state index is 14.5. The van der Waals surface area contributed by atoms with E-state index in [0.29, 0.717) is 12.5 Å². The smallest absolute Gasteiger partial charge is 0.493 e. The molecule has 0 saturated heterocycles. The van der Waals surface area contributed by atoms with Gasteiger partial charge in [-0.3, -0.25) is 0 Å². The van der Waals surface area contributed by atoms with Crippen molar-refractivity contribution >= 4 is 29.7 Å². The van der Waals surface area contributed by atoms with Crippen LogP contribution in [-0.4, -0.2) is 37.4 Å². The molecular formula is C25H23F4NO7S3. The average Bonchev–Trinajstić information content (AvgIpc) is 3.71. The Labute approximate surface area is 228 Å². The lowest BCUT2D eigenvalue weighted by molar-refractivity contribution is -0.0450. The quantitative estimate of drug-likeness (QED) is 0.323. The molecule has 1 fully saturated rings. The van der Waals surface area contributed by atoms with E-state index < -0.39 is 66.6 Å². The summed E-state index contributed by atoms with van der Waals surface area (Å²) < 4.78 is 137. The second kappa shape index (κ2) is 10.8. The Morgan fingerprint density at radius 1 is 0.850 bits per heavy atom. The maximum Gasteiger partial charge on any atom is 0.511 e. The van der Waals surface area contributed by atoms with E-state index >= 15 is 0 Å². The number of alkyl halides is 3. The van der Waals surface area contributed by atoms with Gasteiger partial charge >= 0.3 is 15.5 Å². The molecule has 0 aliphatic heterocycles. The van der Waals surface area contributed by atoms with Crippen LogP contribution in [0, 0.1) is 11.7 Å². The summed E-state index contributed by atoms with van der Waals surface area (Å²) in [6.07, 6.45) is 1.89. The van der Waals surface area contributed by atoms with E-state index in [0.717, 1.165) is 68.3 Å². The normalized spacial score (nSPS) is 15.5. The van der Waals surface area contributed by atoms with Crippen molar-refractivity contribution in [1.29, 1.82) is 0 Å². The summed E-state index contributed by atoms with van der Waals surface area (Å²) >= 11 is 0. The Bertz CT molecular complexity index is 1740. The van der Waals surface area contributed by atoms with Crippen molar-refractivity contribution in [2.45, 2.75) is 50.9 Å². The van der Waals surface area contributed by atoms with E-state index in [1.54, 1.807) is 0 Å². The van der Waals surface area contributed by atoms with Gasteiger partial charge in [-0.15, -0.1) is 0 Å². The third-order valence-corrected chi connectivity index (χ3v) is 11.2. The van der Waals surface area contributed by atoms with Gasteiger partial charge in [0.25, 0.3) is 0 Å². The summed E-state index contributed by atoms with van der Waals surface area (Å²) in [5, 5.41) is 0. The van der Waals surface area contributed by atoms with Crippen molar-refractivity contribution in [2.75, 3.05) is 6.61 Å². The van der Waals surface area contributed by atoms with E-state index in [2.05, 4.69) is 0 Å². The number of ether oxygens (including phenoxy) is 1. The summed E-state index contributed by atoms with van der Waals surface area (Å²) in [4.78, 5) is -2.57. The summed E-state index contributed by atoms with van der Waals surface area (Å²) in [7, 11) is -15.0. The number of sulfonamides is 1. The predicted molar refractivity (Wildman–Crippen MR) is 135 cm³/mol. The van der Waals surface area contributed by atoms with Gasteiger partial charge in [-0.05, 0) is 67.6 Å². The largest absolute Gasteiger partial charge is 0.511 e. The molecule has 1 atom stereocenters. The lowest BCUT2D eigenvalue weighted by Gasteiger charge is -2.17. The average molecular weight is 622 g/mol. The molecule has 0 aromatic heterocycles. The zero-order chi connectivity index (χ0) is 29.5. The Hall–Kier alpha value is -3.01. The minimum absolute atomic E-state index is 0.00907. The highest BCUT2D eigenvalue weighted by Crippen LogP contribution is 2.36. The molecule has 1 unspecified atom stereocenters. The van der Waals surface area contributed by atoms with Crippen molar-refractivity contribution in [1.82, 2.24) is 4.72 Å². The first kappa shape index (κ1) is 30.0. The first-order chi connectivity index (χ1) is 18.5. The molecule has 0 heterocycles. The van der Waals surface area contributed by atoms with Crippen molar-refractivity contribution in [3.05, 3.63) is 78.1 Å². The van der Waals surface area contributed by atoms with Gasteiger partial charge in [0, 0.05) is 12.1 Å². The molecule has 0 spiro atoms. The second-order valence-corrected chi connectivity index (χ2v) is 14.7. The van der Waals surface area contributed by atoms with Crippen molar-refractivity contribution in [3.63, 3.8) is 0 Å². The van der Waals surface area contributed by atoms with Crippen LogP contribution in [0.25, 0.3) is 0 Å². The molecule has 1 aliphatic rings. The standard InChI is InChI=1S/C25H23F4NO7S3/c1-16(30-40(35,36)25(27,28)29)18-8-11-20(12-9-18)38(31,32)23-13-10-19(37-15-17-6-7-17)14-24(23)39(33,34)22-5-3-2-4-21(22)26/h2-5,8-14,16-17,30H,6-7,15H2,1H3. The van der Waals surface area contributed by atoms with Crippen LogP contribution >= 0.6 is 0 Å². The minimum Gasteiger partial charge on any atom is -0.493 e. The molecular weight excluding hydrogens is 598 g/mol. The lowest BCUT2D eigenvalue weighted by atomic mass is 10.1. The van der Waals surface area contributed by atoms with Gasteiger partial charge in [-0.25, -0.2) is 34.4 Å². The molecule has 216 valence electrons. The van der Waals surface area contributed by atoms with Gasteiger partial charge in [0.15, 0.2) is 0 Å². The van der Waals surface area contributed by atoms with Crippen molar-refractivity contribution in [3.8, 4) is 5.75 Å². The molecule has 40 heavy (non-hydrogen) atoms. The van der Waals surface area contributed by atoms with Crippen LogP contribution in [-0.2, 0) is 29.7 Å². The fraction of sp³-hybridized carbons (Fsp3) is 0.280. The molecule has 0 bridgehead atoms. The van der Waals surface area contributed by atoms with Gasteiger partial charge < -0.3 is 4.74 Å². The van der Waals surface area contributed by atoms with Gasteiger partial charge in [-0.1, -0.05) is 24.3 Å². The van der Waals surface area contributed by atoms with Crippen LogP contribution in [0.5, 0.6) is 5.75 Å². The van der Waals surface area contributed by atoms with E-state index in [1.165, 1.54) is 22.9 Å². The van der Waals surface area contributed by atoms with E-state index in [-0.39, 0.29) is 11.3 Å². The van der Waals surface area contributed by atoms with Crippen molar-refractivity contribution < 1.29 is 47.6 Å². The third-order valence-electron chi connectivity index (χ3n) is 6.13. The number of halogens is 4. The van der Waals surface area contributed by atoms with Gasteiger partial charge in [0.05, 0.1) is 21.3 Å². The Morgan fingerprint density at radius 3 is 2.05 bits per heavy atom. The Balaban J connectivity index is 1.74. The van der Waals surface area contributed by atoms with Gasteiger partial charge in [-0.2, -0.15) is 13.2 Å². The number of rotatable bonds is 10. The minimum atomic E-state index is -5.67. The first-order valence-corrected chi connectivity index (χ1v) is 16.2. The van der Waals surface area contributed by atoms with E-state index in [9.17, 15) is 42.8 Å². The fourth-order valence-electron chi connectivity index (χ4n) is 3.72. The molecule has 0 radical (unpaired) electrons. The zero-order valence-corrected chi connectivity index (χ0v) is 23.2. The van der Waals surface area contributed by atoms with Crippen LogP contribution in [0.3, 0.4) is 0 Å². The van der Waals surface area contributed by atoms with Crippen LogP contribution in [0.15, 0.2) is 86.3 Å². The topological polar surface area (TPSA) is 124 Å². The summed E-state index contributed by atoms with van der Waals surface area (Å²) in [5.74, 6) is -0.715. The SMILES string of the molecule is CC(NS(=O)(=O)C(F)(F)F)c1ccc(S(=O)(=O)c2ccc(OCC3CC3)cc2S(=O)(=O)c2ccccc2F)cc1. The van der Waals surface area contributed by atoms with Crippen LogP contribution in [0.1, 0.15) is 31.4 Å². The molecule has 8 nitrogen and oxygen atoms in total. The van der Waals surface area contributed by atoms with Crippen LogP contribution in [0.2, 0.25) is 0 Å². The summed E-state index contributed by atoms with van der Waals surface area (Å²) in [6.45, 7) is 1.43. The van der Waals surface area contributed by atoms with Gasteiger partial charge in [0.1, 0.15) is 16.5 Å². The highest BCUT2D eigenvalue weighted by atomic mass is 32.2. The Kier molecular flexibility index (Phi) is 8.06. The molecule has 4 rings (SSSR count). The predicted octanol–water partition coefficient (Wildman–Crippen LogP) is 4.78. The molecule has 3 aromatic carbocycles. The summed E-state index contributed by atoms with van der Waals surface area (Å²) in [5.41, 5.74) is -5.53. The second-order valence-electron chi connectivity index (χ2n) is 9.16. The number of nitrogens with one attached hydrogen (secondary N) is 1. The van der Waals surface area contributed by atoms with Crippen LogP contribution in [0.4, 0.5) is 17.6 Å².